The van der Waals surface area contributed by atoms with Gasteiger partial charge < -0.3 is 5.32 Å². The molecule has 2 aromatic carbocycles. The molecule has 4 rings (SSSR count). The van der Waals surface area contributed by atoms with Crippen LogP contribution in [-0.4, -0.2) is 36.1 Å². The van der Waals surface area contributed by atoms with Crippen molar-refractivity contribution in [2.45, 2.75) is 11.3 Å². The molecule has 0 aliphatic carbocycles. The highest BCUT2D eigenvalue weighted by atomic mass is 79.9. The molecule has 2 heterocycles. The third kappa shape index (κ3) is 5.17. The first-order chi connectivity index (χ1) is 15.9. The van der Waals surface area contributed by atoms with Gasteiger partial charge in [-0.3, -0.25) is 0 Å². The number of nitrogens with one attached hydrogen (secondary N) is 2. The van der Waals surface area contributed by atoms with Crippen LogP contribution in [0, 0.1) is 11.3 Å². The largest absolute Gasteiger partial charge is 0.370 e. The summed E-state index contributed by atoms with van der Waals surface area (Å²) in [5.74, 6) is 0.704. The number of sulfonamides is 1. The van der Waals surface area contributed by atoms with Crippen LogP contribution in [0.2, 0.25) is 5.02 Å². The van der Waals surface area contributed by atoms with Crippen LogP contribution in [0.4, 0.5) is 5.82 Å². The van der Waals surface area contributed by atoms with E-state index in [9.17, 15) is 8.42 Å². The third-order valence-corrected chi connectivity index (χ3v) is 7.19. The van der Waals surface area contributed by atoms with Gasteiger partial charge in [0, 0.05) is 29.7 Å². The Morgan fingerprint density at radius 2 is 1.88 bits per heavy atom. The Hall–Kier alpha value is -2.97. The molecule has 0 amide bonds. The minimum atomic E-state index is -3.64. The first kappa shape index (κ1) is 23.2. The standard InChI is InChI=1S/C22H18BrClN6O2S/c23-18-14-27-30-21(12-20(29-22(18)30)17-4-1-2-5-19(17)24)26-10-3-11-28-33(31,32)16-8-6-15(13-25)7-9-16/h1-2,4-9,12,14,26,28H,3,10-11H2. The summed E-state index contributed by atoms with van der Waals surface area (Å²) < 4.78 is 29.8. The zero-order valence-corrected chi connectivity index (χ0v) is 20.3. The molecule has 0 saturated heterocycles. The average molecular weight is 546 g/mol. The van der Waals surface area contributed by atoms with Gasteiger partial charge in [-0.25, -0.2) is 18.1 Å². The average Bonchev–Trinajstić information content (AvgIpc) is 3.20. The molecule has 2 aromatic heterocycles. The molecule has 0 fully saturated rings. The van der Waals surface area contributed by atoms with E-state index in [4.69, 9.17) is 16.9 Å². The molecular formula is C22H18BrClN6O2S. The summed E-state index contributed by atoms with van der Waals surface area (Å²) in [6, 6.07) is 17.1. The first-order valence-corrected chi connectivity index (χ1v) is 12.6. The number of hydrogen-bond acceptors (Lipinski definition) is 6. The fourth-order valence-electron chi connectivity index (χ4n) is 3.17. The van der Waals surface area contributed by atoms with E-state index >= 15 is 0 Å². The second-order valence-corrected chi connectivity index (χ2v) is 10.1. The van der Waals surface area contributed by atoms with Crippen molar-refractivity contribution in [2.24, 2.45) is 0 Å². The summed E-state index contributed by atoms with van der Waals surface area (Å²) in [6.45, 7) is 0.734. The van der Waals surface area contributed by atoms with Crippen LogP contribution >= 0.6 is 27.5 Å². The molecular weight excluding hydrogens is 528 g/mol. The van der Waals surface area contributed by atoms with Gasteiger partial charge in [0.2, 0.25) is 10.0 Å². The number of rotatable bonds is 8. The van der Waals surface area contributed by atoms with Crippen molar-refractivity contribution >= 4 is 49.0 Å². The first-order valence-electron chi connectivity index (χ1n) is 9.92. The van der Waals surface area contributed by atoms with Gasteiger partial charge in [-0.1, -0.05) is 29.8 Å². The minimum absolute atomic E-state index is 0.121. The molecule has 0 saturated carbocycles. The zero-order valence-electron chi connectivity index (χ0n) is 17.2. The number of halogens is 2. The van der Waals surface area contributed by atoms with Crippen LogP contribution in [0.15, 0.2) is 70.2 Å². The summed E-state index contributed by atoms with van der Waals surface area (Å²) in [5.41, 5.74) is 2.53. The molecule has 11 heteroatoms. The van der Waals surface area contributed by atoms with Crippen molar-refractivity contribution < 1.29 is 8.42 Å². The van der Waals surface area contributed by atoms with Gasteiger partial charge in [0.25, 0.3) is 0 Å². The predicted octanol–water partition coefficient (Wildman–Crippen LogP) is 4.46. The fraction of sp³-hybridized carbons (Fsp3) is 0.136. The quantitative estimate of drug-likeness (QED) is 0.316. The lowest BCUT2D eigenvalue weighted by atomic mass is 10.1. The lowest BCUT2D eigenvalue weighted by Crippen LogP contribution is -2.26. The molecule has 0 radical (unpaired) electrons. The Morgan fingerprint density at radius 1 is 1.12 bits per heavy atom. The normalized spacial score (nSPS) is 11.4. The monoisotopic (exact) mass is 544 g/mol. The Kier molecular flexibility index (Phi) is 6.95. The number of nitrogens with zero attached hydrogens (tertiary/aromatic N) is 4. The van der Waals surface area contributed by atoms with Crippen molar-refractivity contribution in [1.29, 1.82) is 5.26 Å². The second-order valence-electron chi connectivity index (χ2n) is 7.05. The third-order valence-electron chi connectivity index (χ3n) is 4.82. The number of fused-ring (bicyclic) bond motifs is 1. The smallest absolute Gasteiger partial charge is 0.240 e. The Labute approximate surface area is 204 Å². The summed E-state index contributed by atoms with van der Waals surface area (Å²) in [7, 11) is -3.64. The van der Waals surface area contributed by atoms with E-state index in [1.807, 2.05) is 30.3 Å². The number of hydrogen-bond donors (Lipinski definition) is 2. The predicted molar refractivity (Wildman–Crippen MR) is 131 cm³/mol. The molecule has 0 spiro atoms. The van der Waals surface area contributed by atoms with E-state index in [-0.39, 0.29) is 11.4 Å². The highest BCUT2D eigenvalue weighted by molar-refractivity contribution is 9.10. The molecule has 0 atom stereocenters. The second kappa shape index (κ2) is 9.89. The van der Waals surface area contributed by atoms with Crippen LogP contribution < -0.4 is 10.0 Å². The van der Waals surface area contributed by atoms with Crippen molar-refractivity contribution in [3.05, 3.63) is 75.9 Å². The zero-order chi connectivity index (χ0) is 23.4. The fourth-order valence-corrected chi connectivity index (χ4v) is 4.83. The maximum atomic E-state index is 12.4. The molecule has 0 unspecified atom stereocenters. The van der Waals surface area contributed by atoms with E-state index in [2.05, 4.69) is 36.1 Å². The van der Waals surface area contributed by atoms with Gasteiger partial charge in [-0.15, -0.1) is 0 Å². The van der Waals surface area contributed by atoms with E-state index < -0.39 is 10.0 Å². The topological polar surface area (TPSA) is 112 Å². The summed E-state index contributed by atoms with van der Waals surface area (Å²) >= 11 is 9.83. The summed E-state index contributed by atoms with van der Waals surface area (Å²) in [5, 5.41) is 17.1. The van der Waals surface area contributed by atoms with Gasteiger partial charge in [-0.2, -0.15) is 14.9 Å². The number of anilines is 1. The van der Waals surface area contributed by atoms with Crippen LogP contribution in [0.25, 0.3) is 16.9 Å². The van der Waals surface area contributed by atoms with Gasteiger partial charge in [-0.05, 0) is 52.7 Å². The van der Waals surface area contributed by atoms with Crippen LogP contribution in [-0.2, 0) is 10.0 Å². The maximum Gasteiger partial charge on any atom is 0.240 e. The number of aromatic nitrogens is 3. The molecule has 4 aromatic rings. The highest BCUT2D eigenvalue weighted by Gasteiger charge is 2.14. The van der Waals surface area contributed by atoms with Crippen LogP contribution in [0.5, 0.6) is 0 Å². The van der Waals surface area contributed by atoms with Crippen molar-refractivity contribution in [1.82, 2.24) is 19.3 Å². The molecule has 8 nitrogen and oxygen atoms in total. The van der Waals surface area contributed by atoms with Crippen molar-refractivity contribution in [3.63, 3.8) is 0 Å². The molecule has 168 valence electrons. The lowest BCUT2D eigenvalue weighted by molar-refractivity contribution is 0.580. The Balaban J connectivity index is 1.44. The lowest BCUT2D eigenvalue weighted by Gasteiger charge is -2.12. The molecule has 0 aliphatic heterocycles. The maximum absolute atomic E-state index is 12.4. The van der Waals surface area contributed by atoms with Gasteiger partial charge in [0.15, 0.2) is 5.65 Å². The Bertz CT molecular complexity index is 1450. The summed E-state index contributed by atoms with van der Waals surface area (Å²) in [6.07, 6.45) is 2.19. The molecule has 33 heavy (non-hydrogen) atoms. The van der Waals surface area contributed by atoms with E-state index in [1.165, 1.54) is 24.3 Å². The van der Waals surface area contributed by atoms with E-state index in [0.717, 1.165) is 10.0 Å². The number of benzene rings is 2. The molecule has 0 bridgehead atoms. The molecule has 2 N–H and O–H groups in total. The van der Waals surface area contributed by atoms with Gasteiger partial charge >= 0.3 is 0 Å². The van der Waals surface area contributed by atoms with E-state index in [0.29, 0.717) is 40.7 Å². The highest BCUT2D eigenvalue weighted by Crippen LogP contribution is 2.30. The SMILES string of the molecule is N#Cc1ccc(S(=O)(=O)NCCCNc2cc(-c3ccccc3Cl)nc3c(Br)cnn23)cc1. The molecule has 0 aliphatic rings. The number of nitriles is 1. The Morgan fingerprint density at radius 3 is 2.61 bits per heavy atom. The van der Waals surface area contributed by atoms with Gasteiger partial charge in [0.1, 0.15) is 5.82 Å². The minimum Gasteiger partial charge on any atom is -0.370 e. The van der Waals surface area contributed by atoms with Crippen molar-refractivity contribution in [3.8, 4) is 17.3 Å². The van der Waals surface area contributed by atoms with Crippen LogP contribution in [0.1, 0.15) is 12.0 Å². The van der Waals surface area contributed by atoms with Gasteiger partial charge in [0.05, 0.1) is 32.9 Å². The summed E-state index contributed by atoms with van der Waals surface area (Å²) in [4.78, 5) is 4.79. The van der Waals surface area contributed by atoms with Crippen molar-refractivity contribution in [2.75, 3.05) is 18.4 Å². The van der Waals surface area contributed by atoms with Crippen LogP contribution in [0.3, 0.4) is 0 Å². The van der Waals surface area contributed by atoms with E-state index in [1.54, 1.807) is 16.8 Å².